The molecule has 0 bridgehead atoms. The Bertz CT molecular complexity index is 1410. The van der Waals surface area contributed by atoms with Gasteiger partial charge in [0.15, 0.2) is 6.10 Å². The molecule has 0 aromatic heterocycles. The second-order valence-corrected chi connectivity index (χ2v) is 24.9. The van der Waals surface area contributed by atoms with Crippen LogP contribution >= 0.6 is 0 Å². The molecule has 0 rings (SSSR count). The normalized spacial score (nSPS) is 12.3. The summed E-state index contributed by atoms with van der Waals surface area (Å²) in [5.41, 5.74) is 0. The maximum Gasteiger partial charge on any atom is 0.306 e. The number of ether oxygens (including phenoxy) is 3. The van der Waals surface area contributed by atoms with Crippen LogP contribution in [0.4, 0.5) is 0 Å². The molecule has 0 aliphatic rings. The van der Waals surface area contributed by atoms with E-state index in [1.807, 2.05) is 0 Å². The first-order valence-electron chi connectivity index (χ1n) is 36.6. The topological polar surface area (TPSA) is 78.9 Å². The van der Waals surface area contributed by atoms with E-state index in [0.29, 0.717) is 19.3 Å². The highest BCUT2D eigenvalue weighted by Crippen LogP contribution is 2.19. The standard InChI is InChI=1S/C76H140O6/c1-4-7-10-13-16-19-22-25-28-31-34-36-37-38-40-42-45-48-51-54-57-60-63-66-69-75(78)81-72-73(71-80-74(77)68-65-62-59-56-53-50-47-44-41-33-30-27-24-21-18-15-12-9-6-3)82-76(79)70-67-64-61-58-55-52-49-46-43-39-35-32-29-26-23-20-17-14-11-8-5-2/h18,21,23,26-27,30,32,35,73H,4-17,19-20,22,24-25,28-29,31,33-34,36-72H2,1-3H3/b21-18-,26-23-,30-27-,35-32-. The van der Waals surface area contributed by atoms with Crippen molar-refractivity contribution < 1.29 is 28.6 Å². The molecule has 0 N–H and O–H groups in total. The van der Waals surface area contributed by atoms with E-state index >= 15 is 0 Å². The summed E-state index contributed by atoms with van der Waals surface area (Å²) in [7, 11) is 0. The molecular weight excluding hydrogens is 1010 g/mol. The second-order valence-electron chi connectivity index (χ2n) is 24.9. The lowest BCUT2D eigenvalue weighted by Crippen LogP contribution is -2.30. The number of allylic oxidation sites excluding steroid dienone is 8. The predicted octanol–water partition coefficient (Wildman–Crippen LogP) is 25.3. The zero-order valence-electron chi connectivity index (χ0n) is 55.3. The molecular formula is C76H140O6. The minimum Gasteiger partial charge on any atom is -0.462 e. The van der Waals surface area contributed by atoms with Crippen molar-refractivity contribution in [3.05, 3.63) is 48.6 Å². The molecule has 6 heteroatoms. The van der Waals surface area contributed by atoms with Crippen molar-refractivity contribution in [3.8, 4) is 0 Å². The SMILES string of the molecule is CCCCC/C=C\C/C=C\CCCCCCCCCCCC(=O)OCC(COC(=O)CCCCCCCCCCCCCCCCCCCCCCCCCC)OC(=O)CCCCCCCCCCC/C=C\C/C=C\CCCCCCC. The minimum absolute atomic E-state index is 0.0717. The van der Waals surface area contributed by atoms with Crippen molar-refractivity contribution in [1.29, 1.82) is 0 Å². The number of hydrogen-bond acceptors (Lipinski definition) is 6. The van der Waals surface area contributed by atoms with Crippen molar-refractivity contribution in [2.45, 2.75) is 406 Å². The van der Waals surface area contributed by atoms with Crippen LogP contribution in [0.25, 0.3) is 0 Å². The summed E-state index contributed by atoms with van der Waals surface area (Å²) in [4.78, 5) is 38.5. The van der Waals surface area contributed by atoms with E-state index in [0.717, 1.165) is 70.6 Å². The summed E-state index contributed by atoms with van der Waals surface area (Å²) < 4.78 is 17.0. The van der Waals surface area contributed by atoms with E-state index in [2.05, 4.69) is 69.4 Å². The molecule has 0 radical (unpaired) electrons. The molecule has 0 aliphatic carbocycles. The quantitative estimate of drug-likeness (QED) is 0.0261. The smallest absolute Gasteiger partial charge is 0.306 e. The van der Waals surface area contributed by atoms with Gasteiger partial charge < -0.3 is 14.2 Å². The lowest BCUT2D eigenvalue weighted by Gasteiger charge is -2.18. The maximum absolute atomic E-state index is 13.0. The average Bonchev–Trinajstić information content (AvgIpc) is 3.47. The van der Waals surface area contributed by atoms with E-state index < -0.39 is 6.10 Å². The molecule has 0 saturated carbocycles. The third kappa shape index (κ3) is 68.2. The molecule has 0 amide bonds. The average molecular weight is 1150 g/mol. The van der Waals surface area contributed by atoms with Gasteiger partial charge in [0.25, 0.3) is 0 Å². The van der Waals surface area contributed by atoms with Crippen molar-refractivity contribution in [1.82, 2.24) is 0 Å². The van der Waals surface area contributed by atoms with Crippen LogP contribution in [0.15, 0.2) is 48.6 Å². The Labute approximate surface area is 511 Å². The lowest BCUT2D eigenvalue weighted by atomic mass is 10.0. The van der Waals surface area contributed by atoms with Gasteiger partial charge in [0, 0.05) is 19.3 Å². The van der Waals surface area contributed by atoms with Crippen molar-refractivity contribution in [3.63, 3.8) is 0 Å². The summed E-state index contributed by atoms with van der Waals surface area (Å²) in [6, 6.07) is 0. The van der Waals surface area contributed by atoms with Gasteiger partial charge in [-0.15, -0.1) is 0 Å². The molecule has 82 heavy (non-hydrogen) atoms. The Morgan fingerprint density at radius 2 is 0.439 bits per heavy atom. The van der Waals surface area contributed by atoms with E-state index in [1.165, 1.54) is 289 Å². The van der Waals surface area contributed by atoms with Gasteiger partial charge in [0.1, 0.15) is 13.2 Å². The van der Waals surface area contributed by atoms with Gasteiger partial charge in [-0.1, -0.05) is 345 Å². The summed E-state index contributed by atoms with van der Waals surface area (Å²) in [6.45, 7) is 6.68. The fourth-order valence-electron chi connectivity index (χ4n) is 11.0. The Hall–Kier alpha value is -2.63. The Morgan fingerprint density at radius 1 is 0.244 bits per heavy atom. The number of rotatable bonds is 68. The summed E-state index contributed by atoms with van der Waals surface area (Å²) in [5, 5.41) is 0. The summed E-state index contributed by atoms with van der Waals surface area (Å²) in [5.74, 6) is -0.851. The van der Waals surface area contributed by atoms with Gasteiger partial charge in [-0.25, -0.2) is 0 Å². The molecule has 0 spiro atoms. The Kier molecular flexibility index (Phi) is 68.6. The first kappa shape index (κ1) is 79.4. The molecule has 480 valence electrons. The second kappa shape index (κ2) is 70.9. The molecule has 0 heterocycles. The lowest BCUT2D eigenvalue weighted by molar-refractivity contribution is -0.167. The zero-order valence-corrected chi connectivity index (χ0v) is 55.3. The van der Waals surface area contributed by atoms with Gasteiger partial charge in [-0.3, -0.25) is 14.4 Å². The predicted molar refractivity (Wildman–Crippen MR) is 358 cm³/mol. The van der Waals surface area contributed by atoms with E-state index in [9.17, 15) is 14.4 Å². The highest BCUT2D eigenvalue weighted by Gasteiger charge is 2.19. The van der Waals surface area contributed by atoms with Crippen LogP contribution in [0, 0.1) is 0 Å². The van der Waals surface area contributed by atoms with Crippen LogP contribution in [0.2, 0.25) is 0 Å². The van der Waals surface area contributed by atoms with Crippen LogP contribution in [-0.4, -0.2) is 37.2 Å². The molecule has 0 fully saturated rings. The van der Waals surface area contributed by atoms with Gasteiger partial charge in [0.2, 0.25) is 0 Å². The summed E-state index contributed by atoms with van der Waals surface area (Å²) >= 11 is 0. The number of carbonyl (C=O) groups is 3. The van der Waals surface area contributed by atoms with Gasteiger partial charge >= 0.3 is 17.9 Å². The molecule has 0 aromatic rings. The van der Waals surface area contributed by atoms with Gasteiger partial charge in [0.05, 0.1) is 0 Å². The number of esters is 3. The fraction of sp³-hybridized carbons (Fsp3) is 0.855. The minimum atomic E-state index is -0.778. The largest absolute Gasteiger partial charge is 0.462 e. The highest BCUT2D eigenvalue weighted by molar-refractivity contribution is 5.71. The molecule has 6 nitrogen and oxygen atoms in total. The van der Waals surface area contributed by atoms with Crippen LogP contribution in [0.1, 0.15) is 400 Å². The number of carbonyl (C=O) groups excluding carboxylic acids is 3. The zero-order chi connectivity index (χ0) is 59.2. The summed E-state index contributed by atoms with van der Waals surface area (Å²) in [6.07, 6.45) is 89.9. The van der Waals surface area contributed by atoms with Crippen molar-refractivity contribution in [2.24, 2.45) is 0 Å². The third-order valence-electron chi connectivity index (χ3n) is 16.6. The fourth-order valence-corrected chi connectivity index (χ4v) is 11.0. The van der Waals surface area contributed by atoms with Crippen molar-refractivity contribution in [2.75, 3.05) is 13.2 Å². The Balaban J connectivity index is 4.32. The maximum atomic E-state index is 13.0. The van der Waals surface area contributed by atoms with Crippen molar-refractivity contribution >= 4 is 17.9 Å². The van der Waals surface area contributed by atoms with Gasteiger partial charge in [-0.2, -0.15) is 0 Å². The first-order chi connectivity index (χ1) is 40.5. The van der Waals surface area contributed by atoms with Crippen LogP contribution in [-0.2, 0) is 28.6 Å². The molecule has 0 saturated heterocycles. The molecule has 1 atom stereocenters. The van der Waals surface area contributed by atoms with E-state index in [4.69, 9.17) is 14.2 Å². The molecule has 1 unspecified atom stereocenters. The monoisotopic (exact) mass is 1150 g/mol. The van der Waals surface area contributed by atoms with Crippen LogP contribution in [0.3, 0.4) is 0 Å². The first-order valence-corrected chi connectivity index (χ1v) is 36.6. The number of hydrogen-bond donors (Lipinski definition) is 0. The van der Waals surface area contributed by atoms with E-state index in [-0.39, 0.29) is 31.1 Å². The Morgan fingerprint density at radius 3 is 0.695 bits per heavy atom. The highest BCUT2D eigenvalue weighted by atomic mass is 16.6. The number of unbranched alkanes of at least 4 members (excludes halogenated alkanes) is 49. The van der Waals surface area contributed by atoms with Gasteiger partial charge in [-0.05, 0) is 83.5 Å². The molecule has 0 aliphatic heterocycles. The third-order valence-corrected chi connectivity index (χ3v) is 16.6. The van der Waals surface area contributed by atoms with E-state index in [1.54, 1.807) is 0 Å². The molecule has 0 aromatic carbocycles. The van der Waals surface area contributed by atoms with Crippen LogP contribution in [0.5, 0.6) is 0 Å². The van der Waals surface area contributed by atoms with Crippen LogP contribution < -0.4 is 0 Å².